The first-order valence-electron chi connectivity index (χ1n) is 6.09. The summed E-state index contributed by atoms with van der Waals surface area (Å²) in [5.41, 5.74) is 5.04. The molecule has 78 valence electrons. The fraction of sp³-hybridized carbons (Fsp3) is 0.467. The zero-order valence-corrected chi connectivity index (χ0v) is 9.37. The van der Waals surface area contributed by atoms with Crippen LogP contribution < -0.4 is 0 Å². The van der Waals surface area contributed by atoms with Gasteiger partial charge in [0.25, 0.3) is 0 Å². The van der Waals surface area contributed by atoms with Crippen molar-refractivity contribution in [1.29, 1.82) is 0 Å². The van der Waals surface area contributed by atoms with Gasteiger partial charge in [-0.05, 0) is 50.0 Å². The van der Waals surface area contributed by atoms with Crippen LogP contribution in [0.4, 0.5) is 0 Å². The molecule has 3 rings (SSSR count). The number of allylic oxidation sites excluding steroid dienone is 2. The second-order valence-electron chi connectivity index (χ2n) is 5.03. The second-order valence-corrected chi connectivity index (χ2v) is 5.03. The summed E-state index contributed by atoms with van der Waals surface area (Å²) in [6, 6.07) is 11.1. The average molecular weight is 198 g/mol. The minimum atomic E-state index is 0.830. The molecule has 15 heavy (non-hydrogen) atoms. The number of hydrogen-bond donors (Lipinski definition) is 0. The van der Waals surface area contributed by atoms with E-state index in [1.165, 1.54) is 25.7 Å². The van der Waals surface area contributed by atoms with Crippen molar-refractivity contribution < 1.29 is 0 Å². The Morgan fingerprint density at radius 3 is 2.67 bits per heavy atom. The quantitative estimate of drug-likeness (QED) is 0.590. The zero-order chi connectivity index (χ0) is 10.3. The summed E-state index contributed by atoms with van der Waals surface area (Å²) in [4.78, 5) is 0. The lowest BCUT2D eigenvalue weighted by Gasteiger charge is -2.44. The minimum Gasteiger partial charge on any atom is -0.0738 e. The first kappa shape index (κ1) is 9.21. The van der Waals surface area contributed by atoms with E-state index < -0.39 is 0 Å². The number of fused-ring (bicyclic) bond motifs is 1. The van der Waals surface area contributed by atoms with E-state index >= 15 is 0 Å². The van der Waals surface area contributed by atoms with Crippen LogP contribution in [0.25, 0.3) is 0 Å². The highest BCUT2D eigenvalue weighted by atomic mass is 14.4. The van der Waals surface area contributed by atoms with Crippen molar-refractivity contribution in [2.24, 2.45) is 5.92 Å². The average Bonchev–Trinajstić information content (AvgIpc) is 2.23. The topological polar surface area (TPSA) is 0 Å². The van der Waals surface area contributed by atoms with Crippen LogP contribution in [0.3, 0.4) is 0 Å². The molecular formula is C15H18. The monoisotopic (exact) mass is 198 g/mol. The molecule has 1 aromatic rings. The molecule has 0 saturated heterocycles. The normalized spacial score (nSPS) is 29.7. The summed E-state index contributed by atoms with van der Waals surface area (Å²) in [6.07, 6.45) is 5.52. The van der Waals surface area contributed by atoms with Gasteiger partial charge in [0.2, 0.25) is 0 Å². The predicted octanol–water partition coefficient (Wildman–Crippen LogP) is 4.29. The maximum atomic E-state index is 2.34. The van der Waals surface area contributed by atoms with Gasteiger partial charge in [0.15, 0.2) is 0 Å². The van der Waals surface area contributed by atoms with Crippen LogP contribution in [-0.4, -0.2) is 0 Å². The smallest absolute Gasteiger partial charge is 0.00588 e. The van der Waals surface area contributed by atoms with Crippen molar-refractivity contribution in [3.8, 4) is 0 Å². The van der Waals surface area contributed by atoms with Gasteiger partial charge in [-0.2, -0.15) is 0 Å². The first-order chi connectivity index (χ1) is 7.36. The number of benzene rings is 1. The molecule has 0 spiro atoms. The SMILES string of the molecule is CC1=C2C[C@@H](c3ccccc3)[C@H]2CCC1. The Hall–Kier alpha value is -1.04. The van der Waals surface area contributed by atoms with Crippen LogP contribution in [-0.2, 0) is 0 Å². The van der Waals surface area contributed by atoms with Gasteiger partial charge in [-0.15, -0.1) is 0 Å². The summed E-state index contributed by atoms with van der Waals surface area (Å²) < 4.78 is 0. The van der Waals surface area contributed by atoms with Crippen molar-refractivity contribution >= 4 is 0 Å². The molecule has 0 amide bonds. The molecule has 2 aliphatic carbocycles. The van der Waals surface area contributed by atoms with Crippen molar-refractivity contribution in [2.75, 3.05) is 0 Å². The van der Waals surface area contributed by atoms with Gasteiger partial charge in [0.1, 0.15) is 0 Å². The minimum absolute atomic E-state index is 0.830. The molecule has 1 aromatic carbocycles. The van der Waals surface area contributed by atoms with Gasteiger partial charge < -0.3 is 0 Å². The molecule has 2 atom stereocenters. The fourth-order valence-corrected chi connectivity index (χ4v) is 3.28. The van der Waals surface area contributed by atoms with Crippen LogP contribution in [0.5, 0.6) is 0 Å². The first-order valence-corrected chi connectivity index (χ1v) is 6.09. The zero-order valence-electron chi connectivity index (χ0n) is 9.37. The molecule has 0 radical (unpaired) electrons. The molecule has 0 heterocycles. The van der Waals surface area contributed by atoms with Crippen LogP contribution in [0.15, 0.2) is 41.5 Å². The van der Waals surface area contributed by atoms with Crippen LogP contribution >= 0.6 is 0 Å². The van der Waals surface area contributed by atoms with Crippen LogP contribution in [0.2, 0.25) is 0 Å². The molecule has 0 N–H and O–H groups in total. The Bertz CT molecular complexity index is 386. The van der Waals surface area contributed by atoms with E-state index in [2.05, 4.69) is 37.3 Å². The summed E-state index contributed by atoms with van der Waals surface area (Å²) in [5.74, 6) is 1.72. The summed E-state index contributed by atoms with van der Waals surface area (Å²) in [7, 11) is 0. The molecule has 0 aliphatic heterocycles. The lowest BCUT2D eigenvalue weighted by atomic mass is 9.60. The van der Waals surface area contributed by atoms with E-state index in [1.54, 1.807) is 16.7 Å². The maximum absolute atomic E-state index is 2.34. The van der Waals surface area contributed by atoms with Crippen molar-refractivity contribution in [1.82, 2.24) is 0 Å². The Labute approximate surface area is 92.0 Å². The second kappa shape index (κ2) is 3.52. The van der Waals surface area contributed by atoms with Crippen LogP contribution in [0, 0.1) is 5.92 Å². The van der Waals surface area contributed by atoms with Crippen molar-refractivity contribution in [2.45, 2.75) is 38.5 Å². The highest BCUT2D eigenvalue weighted by Crippen LogP contribution is 2.53. The number of hydrogen-bond acceptors (Lipinski definition) is 0. The third-order valence-electron chi connectivity index (χ3n) is 4.22. The van der Waals surface area contributed by atoms with Gasteiger partial charge >= 0.3 is 0 Å². The fourth-order valence-electron chi connectivity index (χ4n) is 3.28. The Morgan fingerprint density at radius 2 is 1.87 bits per heavy atom. The van der Waals surface area contributed by atoms with Crippen molar-refractivity contribution in [3.05, 3.63) is 47.0 Å². The molecule has 0 heteroatoms. The number of rotatable bonds is 1. The van der Waals surface area contributed by atoms with Gasteiger partial charge in [-0.3, -0.25) is 0 Å². The maximum Gasteiger partial charge on any atom is -0.00588 e. The van der Waals surface area contributed by atoms with E-state index in [-0.39, 0.29) is 0 Å². The molecule has 2 aliphatic rings. The van der Waals surface area contributed by atoms with Gasteiger partial charge in [-0.1, -0.05) is 41.5 Å². The van der Waals surface area contributed by atoms with Crippen molar-refractivity contribution in [3.63, 3.8) is 0 Å². The van der Waals surface area contributed by atoms with E-state index in [0.29, 0.717) is 0 Å². The van der Waals surface area contributed by atoms with E-state index in [1.807, 2.05) is 0 Å². The van der Waals surface area contributed by atoms with E-state index in [9.17, 15) is 0 Å². The largest absolute Gasteiger partial charge is 0.0738 e. The highest BCUT2D eigenvalue weighted by molar-refractivity contribution is 5.36. The molecule has 1 saturated carbocycles. The molecule has 0 aromatic heterocycles. The molecule has 1 fully saturated rings. The summed E-state index contributed by atoms with van der Waals surface area (Å²) in [6.45, 7) is 2.34. The summed E-state index contributed by atoms with van der Waals surface area (Å²) in [5, 5.41) is 0. The highest BCUT2D eigenvalue weighted by Gasteiger charge is 2.38. The van der Waals surface area contributed by atoms with Gasteiger partial charge in [0, 0.05) is 0 Å². The van der Waals surface area contributed by atoms with E-state index in [0.717, 1.165) is 11.8 Å². The predicted molar refractivity (Wildman–Crippen MR) is 63.8 cm³/mol. The lowest BCUT2D eigenvalue weighted by Crippen LogP contribution is -2.30. The molecule has 0 unspecified atom stereocenters. The van der Waals surface area contributed by atoms with E-state index in [4.69, 9.17) is 0 Å². The molecule has 0 nitrogen and oxygen atoms in total. The summed E-state index contributed by atoms with van der Waals surface area (Å²) >= 11 is 0. The molecule has 0 bridgehead atoms. The third kappa shape index (κ3) is 1.43. The Balaban J connectivity index is 1.86. The lowest BCUT2D eigenvalue weighted by molar-refractivity contribution is 0.314. The van der Waals surface area contributed by atoms with Gasteiger partial charge in [0.05, 0.1) is 0 Å². The molecular weight excluding hydrogens is 180 g/mol. The Kier molecular flexibility index (Phi) is 2.16. The van der Waals surface area contributed by atoms with Crippen LogP contribution in [0.1, 0.15) is 44.1 Å². The Morgan fingerprint density at radius 1 is 1.07 bits per heavy atom. The third-order valence-corrected chi connectivity index (χ3v) is 4.22. The van der Waals surface area contributed by atoms with Gasteiger partial charge in [-0.25, -0.2) is 0 Å². The standard InChI is InChI=1S/C15H18/c1-11-6-5-9-13-14(11)10-15(13)12-7-3-2-4-8-12/h2-4,7-8,13,15H,5-6,9-10H2,1H3/t13-,15-/m0/s1.